The smallest absolute Gasteiger partial charge is 0.136 e. The van der Waals surface area contributed by atoms with Gasteiger partial charge in [-0.3, -0.25) is 0 Å². The van der Waals surface area contributed by atoms with Crippen molar-refractivity contribution in [2.75, 3.05) is 12.8 Å². The number of hydrogen-bond donors (Lipinski definition) is 1. The van der Waals surface area contributed by atoms with Crippen molar-refractivity contribution in [1.82, 2.24) is 9.55 Å². The normalized spacial score (nSPS) is 11.6. The lowest BCUT2D eigenvalue weighted by Crippen LogP contribution is -2.07. The molecule has 0 saturated carbocycles. The SMILES string of the molecule is COCc1nc2c(N)cccc2n1CCC(C)C. The Kier molecular flexibility index (Phi) is 3.87. The summed E-state index contributed by atoms with van der Waals surface area (Å²) in [6.45, 7) is 5.93. The van der Waals surface area contributed by atoms with Crippen LogP contribution < -0.4 is 5.73 Å². The second kappa shape index (κ2) is 5.40. The predicted molar refractivity (Wildman–Crippen MR) is 74.3 cm³/mol. The summed E-state index contributed by atoms with van der Waals surface area (Å²) in [7, 11) is 1.69. The van der Waals surface area contributed by atoms with Gasteiger partial charge in [-0.05, 0) is 24.5 Å². The standard InChI is InChI=1S/C14H21N3O/c1-10(2)7-8-17-12-6-4-5-11(15)14(12)16-13(17)9-18-3/h4-6,10H,7-9,15H2,1-3H3. The number of rotatable bonds is 5. The highest BCUT2D eigenvalue weighted by atomic mass is 16.5. The Hall–Kier alpha value is -1.55. The quantitative estimate of drug-likeness (QED) is 0.827. The molecule has 0 fully saturated rings. The largest absolute Gasteiger partial charge is 0.397 e. The first-order valence-corrected chi connectivity index (χ1v) is 6.36. The number of fused-ring (bicyclic) bond motifs is 1. The number of para-hydroxylation sites is 1. The second-order valence-corrected chi connectivity index (χ2v) is 5.01. The van der Waals surface area contributed by atoms with Crippen molar-refractivity contribution in [3.63, 3.8) is 0 Å². The van der Waals surface area contributed by atoms with E-state index in [2.05, 4.69) is 29.5 Å². The third-order valence-electron chi connectivity index (χ3n) is 3.09. The molecule has 0 unspecified atom stereocenters. The Morgan fingerprint density at radius 2 is 2.17 bits per heavy atom. The van der Waals surface area contributed by atoms with Crippen LogP contribution >= 0.6 is 0 Å². The third kappa shape index (κ3) is 2.48. The molecule has 0 bridgehead atoms. The number of methoxy groups -OCH3 is 1. The first-order valence-electron chi connectivity index (χ1n) is 6.36. The molecule has 0 saturated heterocycles. The van der Waals surface area contributed by atoms with E-state index in [1.54, 1.807) is 7.11 Å². The number of hydrogen-bond acceptors (Lipinski definition) is 3. The van der Waals surface area contributed by atoms with E-state index in [4.69, 9.17) is 10.5 Å². The molecule has 98 valence electrons. The van der Waals surface area contributed by atoms with Gasteiger partial charge in [0.25, 0.3) is 0 Å². The Labute approximate surface area is 108 Å². The Balaban J connectivity index is 2.45. The van der Waals surface area contributed by atoms with Crippen molar-refractivity contribution >= 4 is 16.7 Å². The second-order valence-electron chi connectivity index (χ2n) is 5.01. The van der Waals surface area contributed by atoms with Gasteiger partial charge in [0.1, 0.15) is 17.9 Å². The number of imidazole rings is 1. The maximum atomic E-state index is 5.97. The van der Waals surface area contributed by atoms with Gasteiger partial charge in [0.2, 0.25) is 0 Å². The number of anilines is 1. The van der Waals surface area contributed by atoms with Gasteiger partial charge in [-0.1, -0.05) is 19.9 Å². The molecule has 4 heteroatoms. The number of aromatic nitrogens is 2. The molecule has 2 aromatic rings. The molecular weight excluding hydrogens is 226 g/mol. The lowest BCUT2D eigenvalue weighted by molar-refractivity contribution is 0.174. The van der Waals surface area contributed by atoms with E-state index in [-0.39, 0.29) is 0 Å². The summed E-state index contributed by atoms with van der Waals surface area (Å²) < 4.78 is 7.44. The Morgan fingerprint density at radius 1 is 1.39 bits per heavy atom. The van der Waals surface area contributed by atoms with Crippen LogP contribution in [-0.4, -0.2) is 16.7 Å². The van der Waals surface area contributed by atoms with E-state index in [1.165, 1.54) is 0 Å². The average molecular weight is 247 g/mol. The summed E-state index contributed by atoms with van der Waals surface area (Å²) in [4.78, 5) is 4.59. The number of ether oxygens (including phenoxy) is 1. The van der Waals surface area contributed by atoms with Crippen molar-refractivity contribution < 1.29 is 4.74 Å². The highest BCUT2D eigenvalue weighted by Gasteiger charge is 2.12. The predicted octanol–water partition coefficient (Wildman–Crippen LogP) is 2.81. The lowest BCUT2D eigenvalue weighted by Gasteiger charge is -2.10. The van der Waals surface area contributed by atoms with Gasteiger partial charge in [0, 0.05) is 13.7 Å². The van der Waals surface area contributed by atoms with Crippen molar-refractivity contribution in [1.29, 1.82) is 0 Å². The van der Waals surface area contributed by atoms with E-state index in [0.717, 1.165) is 35.5 Å². The van der Waals surface area contributed by atoms with E-state index in [1.807, 2.05) is 12.1 Å². The van der Waals surface area contributed by atoms with Gasteiger partial charge in [-0.2, -0.15) is 0 Å². The molecule has 0 radical (unpaired) electrons. The van der Waals surface area contributed by atoms with Gasteiger partial charge in [-0.15, -0.1) is 0 Å². The van der Waals surface area contributed by atoms with Gasteiger partial charge < -0.3 is 15.0 Å². The highest BCUT2D eigenvalue weighted by molar-refractivity contribution is 5.87. The Morgan fingerprint density at radius 3 is 2.83 bits per heavy atom. The molecule has 0 spiro atoms. The number of nitrogens with two attached hydrogens (primary N) is 1. The van der Waals surface area contributed by atoms with Crippen LogP contribution in [0.4, 0.5) is 5.69 Å². The molecule has 4 nitrogen and oxygen atoms in total. The zero-order chi connectivity index (χ0) is 13.1. The summed E-state index contributed by atoms with van der Waals surface area (Å²) in [5.74, 6) is 1.62. The van der Waals surface area contributed by atoms with Crippen LogP contribution in [0.25, 0.3) is 11.0 Å². The van der Waals surface area contributed by atoms with Gasteiger partial charge in [0.05, 0.1) is 11.2 Å². The third-order valence-corrected chi connectivity index (χ3v) is 3.09. The van der Waals surface area contributed by atoms with Gasteiger partial charge >= 0.3 is 0 Å². The van der Waals surface area contributed by atoms with Crippen LogP contribution in [0.5, 0.6) is 0 Å². The highest BCUT2D eigenvalue weighted by Crippen LogP contribution is 2.23. The molecule has 1 heterocycles. The topological polar surface area (TPSA) is 53.1 Å². The summed E-state index contributed by atoms with van der Waals surface area (Å²) in [6, 6.07) is 5.93. The maximum absolute atomic E-state index is 5.97. The maximum Gasteiger partial charge on any atom is 0.136 e. The molecular formula is C14H21N3O. The van der Waals surface area contributed by atoms with Crippen LogP contribution in [0, 0.1) is 5.92 Å². The first-order chi connectivity index (χ1) is 8.63. The molecule has 1 aromatic heterocycles. The minimum absolute atomic E-state index is 0.520. The summed E-state index contributed by atoms with van der Waals surface area (Å²) >= 11 is 0. The molecule has 18 heavy (non-hydrogen) atoms. The van der Waals surface area contributed by atoms with Crippen LogP contribution in [0.1, 0.15) is 26.1 Å². The van der Waals surface area contributed by atoms with Crippen molar-refractivity contribution in [3.05, 3.63) is 24.0 Å². The van der Waals surface area contributed by atoms with Crippen molar-refractivity contribution in [3.8, 4) is 0 Å². The van der Waals surface area contributed by atoms with E-state index in [0.29, 0.717) is 12.5 Å². The molecule has 0 amide bonds. The molecule has 2 rings (SSSR count). The molecule has 0 aliphatic heterocycles. The number of nitrogens with zero attached hydrogens (tertiary/aromatic N) is 2. The van der Waals surface area contributed by atoms with Crippen LogP contribution in [-0.2, 0) is 17.9 Å². The molecule has 0 atom stereocenters. The first kappa shape index (κ1) is 12.9. The fourth-order valence-electron chi connectivity index (χ4n) is 2.09. The Bertz CT molecular complexity index is 531. The number of aryl methyl sites for hydroxylation is 1. The zero-order valence-corrected chi connectivity index (χ0v) is 11.3. The van der Waals surface area contributed by atoms with Gasteiger partial charge in [-0.25, -0.2) is 4.98 Å². The fraction of sp³-hybridized carbons (Fsp3) is 0.500. The summed E-state index contributed by atoms with van der Waals surface area (Å²) in [5.41, 5.74) is 8.69. The van der Waals surface area contributed by atoms with Crippen LogP contribution in [0.2, 0.25) is 0 Å². The fourth-order valence-corrected chi connectivity index (χ4v) is 2.09. The van der Waals surface area contributed by atoms with E-state index >= 15 is 0 Å². The number of benzene rings is 1. The molecule has 0 aliphatic carbocycles. The van der Waals surface area contributed by atoms with Crippen LogP contribution in [0.15, 0.2) is 18.2 Å². The van der Waals surface area contributed by atoms with Crippen molar-refractivity contribution in [2.45, 2.75) is 33.4 Å². The van der Waals surface area contributed by atoms with Crippen LogP contribution in [0.3, 0.4) is 0 Å². The van der Waals surface area contributed by atoms with Gasteiger partial charge in [0.15, 0.2) is 0 Å². The molecule has 2 N–H and O–H groups in total. The summed E-state index contributed by atoms with van der Waals surface area (Å²) in [5, 5.41) is 0. The lowest BCUT2D eigenvalue weighted by atomic mass is 10.1. The minimum atomic E-state index is 0.520. The molecule has 0 aliphatic rings. The number of nitrogen functional groups attached to an aromatic ring is 1. The average Bonchev–Trinajstić information content (AvgIpc) is 2.66. The van der Waals surface area contributed by atoms with E-state index in [9.17, 15) is 0 Å². The zero-order valence-electron chi connectivity index (χ0n) is 11.3. The summed E-state index contributed by atoms with van der Waals surface area (Å²) in [6.07, 6.45) is 1.12. The minimum Gasteiger partial charge on any atom is -0.397 e. The monoisotopic (exact) mass is 247 g/mol. The van der Waals surface area contributed by atoms with Crippen molar-refractivity contribution in [2.24, 2.45) is 5.92 Å². The molecule has 1 aromatic carbocycles. The van der Waals surface area contributed by atoms with E-state index < -0.39 is 0 Å².